The predicted octanol–water partition coefficient (Wildman–Crippen LogP) is 3.24. The Morgan fingerprint density at radius 3 is 2.83 bits per heavy atom. The normalized spacial score (nSPS) is 20.2. The summed E-state index contributed by atoms with van der Waals surface area (Å²) in [5, 5.41) is 19.0. The number of nitrogens with zero attached hydrogens (tertiary/aromatic N) is 6. The Labute approximate surface area is 176 Å². The molecule has 8 heteroatoms. The highest BCUT2D eigenvalue weighted by Gasteiger charge is 2.24. The van der Waals surface area contributed by atoms with Crippen LogP contribution in [0, 0.1) is 0 Å². The first-order valence-electron chi connectivity index (χ1n) is 10.7. The molecule has 0 radical (unpaired) electrons. The fourth-order valence-corrected chi connectivity index (χ4v) is 4.07. The van der Waals surface area contributed by atoms with Gasteiger partial charge in [-0.2, -0.15) is 10.2 Å². The van der Waals surface area contributed by atoms with Crippen LogP contribution in [0.3, 0.4) is 0 Å². The number of aromatic nitrogens is 5. The van der Waals surface area contributed by atoms with E-state index in [1.54, 1.807) is 16.9 Å². The summed E-state index contributed by atoms with van der Waals surface area (Å²) in [6, 6.07) is 2.23. The van der Waals surface area contributed by atoms with Crippen molar-refractivity contribution in [2.45, 2.75) is 64.1 Å². The molecule has 1 fully saturated rings. The molecule has 0 unspecified atom stereocenters. The van der Waals surface area contributed by atoms with Gasteiger partial charge in [0.2, 0.25) is 0 Å². The zero-order valence-corrected chi connectivity index (χ0v) is 17.5. The summed E-state index contributed by atoms with van der Waals surface area (Å²) in [5.41, 5.74) is 9.93. The first kappa shape index (κ1) is 20.3. The Kier molecular flexibility index (Phi) is 5.94. The lowest BCUT2D eigenvalue weighted by molar-refractivity contribution is 0.166. The molecule has 2 atom stereocenters. The second-order valence-corrected chi connectivity index (χ2v) is 7.78. The van der Waals surface area contributed by atoms with E-state index in [-0.39, 0.29) is 12.1 Å². The lowest BCUT2D eigenvalue weighted by Crippen LogP contribution is -2.16. The third-order valence-corrected chi connectivity index (χ3v) is 5.91. The molecule has 0 bridgehead atoms. The average Bonchev–Trinajstić information content (AvgIpc) is 3.50. The molecule has 0 amide bonds. The number of rotatable bonds is 7. The summed E-state index contributed by atoms with van der Waals surface area (Å²) < 4.78 is 3.81. The molecule has 0 saturated heterocycles. The van der Waals surface area contributed by atoms with Gasteiger partial charge in [-0.3, -0.25) is 9.67 Å². The fourth-order valence-electron chi connectivity index (χ4n) is 4.07. The first-order valence-corrected chi connectivity index (χ1v) is 10.7. The molecule has 0 aromatic carbocycles. The van der Waals surface area contributed by atoms with Gasteiger partial charge >= 0.3 is 0 Å². The summed E-state index contributed by atoms with van der Waals surface area (Å²) in [6.45, 7) is 4.34. The molecule has 0 spiro atoms. The van der Waals surface area contributed by atoms with Crippen molar-refractivity contribution in [3.8, 4) is 11.3 Å². The Bertz CT molecular complexity index is 1060. The molecular formula is C22H29N7O. The minimum absolute atomic E-state index is 0.0777. The largest absolute Gasteiger partial charge is 0.404 e. The van der Waals surface area contributed by atoms with Crippen LogP contribution in [0.5, 0.6) is 0 Å². The van der Waals surface area contributed by atoms with E-state index < -0.39 is 0 Å². The third-order valence-electron chi connectivity index (χ3n) is 5.91. The van der Waals surface area contributed by atoms with Gasteiger partial charge in [-0.05, 0) is 38.2 Å². The number of hydrogen-bond donors (Lipinski definition) is 2. The Balaban J connectivity index is 1.71. The second-order valence-electron chi connectivity index (χ2n) is 7.78. The van der Waals surface area contributed by atoms with Gasteiger partial charge in [-0.25, -0.2) is 9.50 Å². The minimum atomic E-state index is -0.381. The van der Waals surface area contributed by atoms with Crippen LogP contribution in [0.15, 0.2) is 42.0 Å². The quantitative estimate of drug-likeness (QED) is 0.585. The topological polar surface area (TPSA) is 107 Å². The van der Waals surface area contributed by atoms with Crippen LogP contribution in [0.1, 0.15) is 57.7 Å². The SMILES string of the molecule is CCC(CC)n1cc(-c2nc(C(C=N[C@H]3CCC[C@H]3O)=CN)cn3nccc23)cn1. The minimum Gasteiger partial charge on any atom is -0.404 e. The number of fused-ring (bicyclic) bond motifs is 1. The van der Waals surface area contributed by atoms with E-state index in [4.69, 9.17) is 10.7 Å². The van der Waals surface area contributed by atoms with Gasteiger partial charge in [0.25, 0.3) is 0 Å². The van der Waals surface area contributed by atoms with Gasteiger partial charge in [-0.1, -0.05) is 13.8 Å². The molecule has 1 aliphatic carbocycles. The van der Waals surface area contributed by atoms with E-state index in [9.17, 15) is 5.11 Å². The Morgan fingerprint density at radius 1 is 1.30 bits per heavy atom. The van der Waals surface area contributed by atoms with Gasteiger partial charge in [0.05, 0.1) is 53.7 Å². The van der Waals surface area contributed by atoms with Gasteiger partial charge in [0, 0.05) is 29.7 Å². The lowest BCUT2D eigenvalue weighted by atomic mass is 10.1. The van der Waals surface area contributed by atoms with Gasteiger partial charge in [-0.15, -0.1) is 0 Å². The summed E-state index contributed by atoms with van der Waals surface area (Å²) in [4.78, 5) is 9.45. The molecular weight excluding hydrogens is 378 g/mol. The summed E-state index contributed by atoms with van der Waals surface area (Å²) in [5.74, 6) is 0. The third kappa shape index (κ3) is 3.87. The number of aliphatic imine (C=N–C) groups is 1. The van der Waals surface area contributed by atoms with Crippen molar-refractivity contribution in [2.75, 3.05) is 0 Å². The summed E-state index contributed by atoms with van der Waals surface area (Å²) >= 11 is 0. The van der Waals surface area contributed by atoms with E-state index in [1.165, 1.54) is 6.20 Å². The zero-order valence-electron chi connectivity index (χ0n) is 17.5. The van der Waals surface area contributed by atoms with E-state index in [0.29, 0.717) is 17.3 Å². The molecule has 3 aromatic rings. The van der Waals surface area contributed by atoms with Crippen LogP contribution in [0.4, 0.5) is 0 Å². The molecule has 4 rings (SSSR count). The summed E-state index contributed by atoms with van der Waals surface area (Å²) in [7, 11) is 0. The molecule has 3 heterocycles. The molecule has 30 heavy (non-hydrogen) atoms. The highest BCUT2D eigenvalue weighted by atomic mass is 16.3. The lowest BCUT2D eigenvalue weighted by Gasteiger charge is -2.12. The van der Waals surface area contributed by atoms with Crippen LogP contribution in [-0.2, 0) is 0 Å². The molecule has 1 saturated carbocycles. The van der Waals surface area contributed by atoms with E-state index in [0.717, 1.165) is 48.9 Å². The maximum atomic E-state index is 10.0. The van der Waals surface area contributed by atoms with Gasteiger partial charge < -0.3 is 10.8 Å². The highest BCUT2D eigenvalue weighted by molar-refractivity contribution is 6.09. The fraction of sp³-hybridized carbons (Fsp3) is 0.455. The summed E-state index contributed by atoms with van der Waals surface area (Å²) in [6.07, 6.45) is 15.1. The van der Waals surface area contributed by atoms with Crippen LogP contribution >= 0.6 is 0 Å². The van der Waals surface area contributed by atoms with Crippen molar-refractivity contribution in [3.05, 3.63) is 42.7 Å². The Morgan fingerprint density at radius 2 is 2.13 bits per heavy atom. The molecule has 1 aliphatic rings. The predicted molar refractivity (Wildman–Crippen MR) is 118 cm³/mol. The van der Waals surface area contributed by atoms with Crippen LogP contribution in [0.25, 0.3) is 22.3 Å². The number of allylic oxidation sites excluding steroid dienone is 1. The zero-order chi connectivity index (χ0) is 21.1. The van der Waals surface area contributed by atoms with Crippen LogP contribution in [0.2, 0.25) is 0 Å². The molecule has 158 valence electrons. The number of aliphatic hydroxyl groups excluding tert-OH is 1. The monoisotopic (exact) mass is 407 g/mol. The molecule has 3 N–H and O–H groups in total. The highest BCUT2D eigenvalue weighted by Crippen LogP contribution is 2.27. The number of hydrogen-bond acceptors (Lipinski definition) is 6. The van der Waals surface area contributed by atoms with Crippen molar-refractivity contribution >= 4 is 17.3 Å². The van der Waals surface area contributed by atoms with Gasteiger partial charge in [0.1, 0.15) is 0 Å². The number of nitrogens with two attached hydrogens (primary N) is 1. The van der Waals surface area contributed by atoms with Gasteiger partial charge in [0.15, 0.2) is 0 Å². The van der Waals surface area contributed by atoms with Crippen molar-refractivity contribution in [3.63, 3.8) is 0 Å². The van der Waals surface area contributed by atoms with E-state index >= 15 is 0 Å². The van der Waals surface area contributed by atoms with Crippen molar-refractivity contribution in [2.24, 2.45) is 10.7 Å². The smallest absolute Gasteiger partial charge is 0.0999 e. The average molecular weight is 408 g/mol. The van der Waals surface area contributed by atoms with Crippen molar-refractivity contribution in [1.82, 2.24) is 24.4 Å². The maximum Gasteiger partial charge on any atom is 0.0999 e. The number of aliphatic hydroxyl groups is 1. The molecule has 0 aliphatic heterocycles. The van der Waals surface area contributed by atoms with E-state index in [2.05, 4.69) is 29.0 Å². The van der Waals surface area contributed by atoms with Crippen molar-refractivity contribution < 1.29 is 5.11 Å². The van der Waals surface area contributed by atoms with Crippen LogP contribution < -0.4 is 5.73 Å². The standard InChI is InChI=1S/C22H29N7O/c1-3-17(4-2)28-13-16(12-26-28)22-20-8-9-25-29(20)14-19(27-22)15(10-23)11-24-18-6-5-7-21(18)30/h8-14,17-18,21,30H,3-7,23H2,1-2H3/t18-,21+/m0/s1. The van der Waals surface area contributed by atoms with Crippen molar-refractivity contribution in [1.29, 1.82) is 0 Å². The second kappa shape index (κ2) is 8.79. The molecule has 3 aromatic heterocycles. The molecule has 8 nitrogen and oxygen atoms in total. The Hall–Kier alpha value is -3.00. The van der Waals surface area contributed by atoms with Crippen LogP contribution in [-0.4, -0.2) is 47.8 Å². The maximum absolute atomic E-state index is 10.0. The first-order chi connectivity index (χ1) is 14.6. The van der Waals surface area contributed by atoms with E-state index in [1.807, 2.05) is 29.3 Å².